The number of ketones is 1. The summed E-state index contributed by atoms with van der Waals surface area (Å²) in [5, 5.41) is 7.24. The Balaban J connectivity index is 2.16. The van der Waals surface area contributed by atoms with Crippen LogP contribution in [0.3, 0.4) is 0 Å². The molecule has 0 amide bonds. The Morgan fingerprint density at radius 2 is 2.00 bits per heavy atom. The molecule has 0 radical (unpaired) electrons. The predicted molar refractivity (Wildman–Crippen MR) is 82.8 cm³/mol. The molecule has 1 aromatic carbocycles. The minimum atomic E-state index is -0.224. The van der Waals surface area contributed by atoms with Gasteiger partial charge in [0.25, 0.3) is 0 Å². The first-order chi connectivity index (χ1) is 9.97. The lowest BCUT2D eigenvalue weighted by atomic mass is 10.2. The third kappa shape index (κ3) is 3.82. The Kier molecular flexibility index (Phi) is 4.59. The van der Waals surface area contributed by atoms with E-state index in [0.717, 1.165) is 5.56 Å². The summed E-state index contributed by atoms with van der Waals surface area (Å²) in [6.45, 7) is 3.59. The van der Waals surface area contributed by atoms with Crippen LogP contribution in [0.2, 0.25) is 0 Å². The number of benzene rings is 1. The van der Waals surface area contributed by atoms with E-state index in [2.05, 4.69) is 15.4 Å². The smallest absolute Gasteiger partial charge is 0.248 e. The van der Waals surface area contributed by atoms with Crippen LogP contribution in [-0.4, -0.2) is 20.5 Å². The Labute approximate surface area is 127 Å². The number of allylic oxidation sites excluding steroid dienone is 2. The summed E-state index contributed by atoms with van der Waals surface area (Å²) in [6.07, 6.45) is 0. The first-order valence-corrected chi connectivity index (χ1v) is 6.73. The maximum absolute atomic E-state index is 11.2. The van der Waals surface area contributed by atoms with Crippen molar-refractivity contribution >= 4 is 29.3 Å². The fraction of sp³-hybridized carbons (Fsp3) is 0.214. The number of nitrogens with zero attached hydrogens (tertiary/aromatic N) is 3. The van der Waals surface area contributed by atoms with E-state index >= 15 is 0 Å². The topological polar surface area (TPSA) is 85.8 Å². The van der Waals surface area contributed by atoms with E-state index < -0.39 is 0 Å². The average Bonchev–Trinajstić information content (AvgIpc) is 2.78. The highest BCUT2D eigenvalue weighted by molar-refractivity contribution is 6.42. The van der Waals surface area contributed by atoms with Crippen LogP contribution in [0.5, 0.6) is 0 Å². The fourth-order valence-corrected chi connectivity index (χ4v) is 1.81. The van der Waals surface area contributed by atoms with E-state index in [0.29, 0.717) is 18.2 Å². The lowest BCUT2D eigenvalue weighted by Gasteiger charge is -2.03. The lowest BCUT2D eigenvalue weighted by Crippen LogP contribution is -2.07. The number of nitrogen functional groups attached to an aromatic ring is 1. The first kappa shape index (κ1) is 15.1. The fourth-order valence-electron chi connectivity index (χ4n) is 1.77. The molecule has 0 unspecified atom stereocenters. The Bertz CT molecular complexity index is 678. The number of hydrogen-bond acceptors (Lipinski definition) is 5. The largest absolute Gasteiger partial charge is 0.368 e. The zero-order valence-electron chi connectivity index (χ0n) is 11.8. The van der Waals surface area contributed by atoms with Crippen molar-refractivity contribution in [3.8, 4) is 0 Å². The number of aromatic nitrogens is 3. The number of carbonyl (C=O) groups excluding carboxylic acids is 1. The summed E-state index contributed by atoms with van der Waals surface area (Å²) in [6, 6.07) is 9.79. The number of nitrogens with one attached hydrogen (secondary N) is 1. The second-order valence-electron chi connectivity index (χ2n) is 4.56. The molecule has 2 rings (SSSR count). The molecule has 0 aliphatic heterocycles. The molecule has 0 aliphatic rings. The van der Waals surface area contributed by atoms with Gasteiger partial charge in [-0.05, 0) is 12.5 Å². The molecule has 1 heterocycles. The number of Topliss-reactive ketones (excluding diaryl/α,β-unsaturated/α-hetero) is 1. The normalized spacial score (nSPS) is 12.0. The van der Waals surface area contributed by atoms with Crippen molar-refractivity contribution in [3.05, 3.63) is 46.6 Å². The molecule has 0 saturated carbocycles. The van der Waals surface area contributed by atoms with Crippen LogP contribution in [0.1, 0.15) is 19.4 Å². The SMILES string of the molecule is CC(=O)/C(Cl)=C(/C)Nc1nc(N)n(Cc2ccccc2)n1. The van der Waals surface area contributed by atoms with Crippen molar-refractivity contribution in [3.63, 3.8) is 0 Å². The molecule has 110 valence electrons. The van der Waals surface area contributed by atoms with Crippen molar-refractivity contribution < 1.29 is 4.79 Å². The molecule has 21 heavy (non-hydrogen) atoms. The summed E-state index contributed by atoms with van der Waals surface area (Å²) in [5.74, 6) is 0.367. The van der Waals surface area contributed by atoms with Gasteiger partial charge in [0.15, 0.2) is 5.78 Å². The van der Waals surface area contributed by atoms with Gasteiger partial charge in [-0.2, -0.15) is 4.98 Å². The maximum atomic E-state index is 11.2. The third-order valence-corrected chi connectivity index (χ3v) is 3.36. The van der Waals surface area contributed by atoms with Gasteiger partial charge in [0.1, 0.15) is 5.03 Å². The van der Waals surface area contributed by atoms with Crippen LogP contribution >= 0.6 is 11.6 Å². The number of rotatable bonds is 5. The van der Waals surface area contributed by atoms with Gasteiger partial charge in [0, 0.05) is 12.6 Å². The Morgan fingerprint density at radius 1 is 1.33 bits per heavy atom. The zero-order chi connectivity index (χ0) is 15.4. The number of carbonyl (C=O) groups is 1. The lowest BCUT2D eigenvalue weighted by molar-refractivity contribution is -0.113. The highest BCUT2D eigenvalue weighted by Gasteiger charge is 2.10. The van der Waals surface area contributed by atoms with Crippen LogP contribution in [0, 0.1) is 0 Å². The van der Waals surface area contributed by atoms with E-state index in [1.54, 1.807) is 11.6 Å². The summed E-state index contributed by atoms with van der Waals surface area (Å²) in [7, 11) is 0. The van der Waals surface area contributed by atoms with E-state index in [4.69, 9.17) is 17.3 Å². The van der Waals surface area contributed by atoms with Crippen molar-refractivity contribution in [1.82, 2.24) is 14.8 Å². The second-order valence-corrected chi connectivity index (χ2v) is 4.93. The van der Waals surface area contributed by atoms with Gasteiger partial charge < -0.3 is 11.1 Å². The minimum absolute atomic E-state index is 0.119. The average molecular weight is 306 g/mol. The van der Waals surface area contributed by atoms with Crippen molar-refractivity contribution in [2.24, 2.45) is 0 Å². The summed E-state index contributed by atoms with van der Waals surface area (Å²) in [4.78, 5) is 15.3. The molecule has 7 heteroatoms. The van der Waals surface area contributed by atoms with Gasteiger partial charge in [0.05, 0.1) is 6.54 Å². The highest BCUT2D eigenvalue weighted by Crippen LogP contribution is 2.14. The van der Waals surface area contributed by atoms with Crippen LogP contribution in [-0.2, 0) is 11.3 Å². The number of nitrogens with two attached hydrogens (primary N) is 1. The van der Waals surface area contributed by atoms with Crippen LogP contribution in [0.15, 0.2) is 41.1 Å². The summed E-state index contributed by atoms with van der Waals surface area (Å²) in [5.41, 5.74) is 7.39. The van der Waals surface area contributed by atoms with Crippen LogP contribution < -0.4 is 11.1 Å². The van der Waals surface area contributed by atoms with Gasteiger partial charge in [-0.25, -0.2) is 4.68 Å². The van der Waals surface area contributed by atoms with E-state index in [-0.39, 0.29) is 16.8 Å². The quantitative estimate of drug-likeness (QED) is 0.828. The van der Waals surface area contributed by atoms with Crippen LogP contribution in [0.25, 0.3) is 0 Å². The van der Waals surface area contributed by atoms with Gasteiger partial charge in [-0.1, -0.05) is 41.9 Å². The molecule has 0 bridgehead atoms. The van der Waals surface area contributed by atoms with Crippen molar-refractivity contribution in [1.29, 1.82) is 0 Å². The molecule has 0 spiro atoms. The number of anilines is 2. The molecule has 0 saturated heterocycles. The van der Waals surface area contributed by atoms with E-state index in [1.807, 2.05) is 30.3 Å². The number of hydrogen-bond donors (Lipinski definition) is 2. The monoisotopic (exact) mass is 305 g/mol. The van der Waals surface area contributed by atoms with Gasteiger partial charge in [-0.3, -0.25) is 4.79 Å². The Hall–Kier alpha value is -2.34. The second kappa shape index (κ2) is 6.41. The van der Waals surface area contributed by atoms with Gasteiger partial charge in [-0.15, -0.1) is 5.10 Å². The van der Waals surface area contributed by atoms with Crippen LogP contribution in [0.4, 0.5) is 11.9 Å². The Morgan fingerprint density at radius 3 is 2.62 bits per heavy atom. The molecule has 2 aromatic rings. The zero-order valence-corrected chi connectivity index (χ0v) is 12.6. The molecule has 6 nitrogen and oxygen atoms in total. The standard InChI is InChI=1S/C14H16ClN5O/c1-9(12(15)10(2)21)17-14-18-13(16)20(19-14)8-11-6-4-3-5-7-11/h3-7H,8H2,1-2H3,(H3,16,17,18,19)/b12-9+. The maximum Gasteiger partial charge on any atom is 0.248 e. The van der Waals surface area contributed by atoms with E-state index in [1.165, 1.54) is 6.92 Å². The predicted octanol–water partition coefficient (Wildman–Crippen LogP) is 2.38. The highest BCUT2D eigenvalue weighted by atomic mass is 35.5. The van der Waals surface area contributed by atoms with E-state index in [9.17, 15) is 4.79 Å². The molecular formula is C14H16ClN5O. The number of halogens is 1. The molecule has 0 aliphatic carbocycles. The van der Waals surface area contributed by atoms with Crippen molar-refractivity contribution in [2.45, 2.75) is 20.4 Å². The summed E-state index contributed by atoms with van der Waals surface area (Å²) >= 11 is 5.87. The summed E-state index contributed by atoms with van der Waals surface area (Å²) < 4.78 is 1.58. The first-order valence-electron chi connectivity index (χ1n) is 6.36. The molecular weight excluding hydrogens is 290 g/mol. The van der Waals surface area contributed by atoms with Gasteiger partial charge in [0.2, 0.25) is 11.9 Å². The molecule has 1 aromatic heterocycles. The molecule has 0 atom stereocenters. The minimum Gasteiger partial charge on any atom is -0.368 e. The van der Waals surface area contributed by atoms with Gasteiger partial charge >= 0.3 is 0 Å². The third-order valence-electron chi connectivity index (χ3n) is 2.81. The molecule has 3 N–H and O–H groups in total. The van der Waals surface area contributed by atoms with Crippen molar-refractivity contribution in [2.75, 3.05) is 11.1 Å². The molecule has 0 fully saturated rings.